The molecular formula is C11H18N2O2. The number of aromatic nitrogens is 1. The first kappa shape index (κ1) is 11.8. The van der Waals surface area contributed by atoms with Gasteiger partial charge in [0.2, 0.25) is 11.8 Å². The van der Waals surface area contributed by atoms with Gasteiger partial charge in [0, 0.05) is 6.42 Å². The van der Waals surface area contributed by atoms with E-state index in [1.807, 2.05) is 0 Å². The number of nitrogens with zero attached hydrogens (tertiary/aromatic N) is 1. The fraction of sp³-hybridized carbons (Fsp3) is 0.636. The van der Waals surface area contributed by atoms with Crippen LogP contribution < -0.4 is 5.32 Å². The zero-order valence-corrected chi connectivity index (χ0v) is 9.32. The zero-order valence-electron chi connectivity index (χ0n) is 9.32. The van der Waals surface area contributed by atoms with E-state index in [-0.39, 0.29) is 5.91 Å². The summed E-state index contributed by atoms with van der Waals surface area (Å²) < 4.78 is 5.00. The van der Waals surface area contributed by atoms with E-state index >= 15 is 0 Å². The van der Waals surface area contributed by atoms with E-state index in [0.717, 1.165) is 12.8 Å². The lowest BCUT2D eigenvalue weighted by molar-refractivity contribution is -0.121. The molecule has 1 aromatic rings. The van der Waals surface area contributed by atoms with Crippen LogP contribution in [0.2, 0.25) is 0 Å². The smallest absolute Gasteiger partial charge is 0.220 e. The molecule has 15 heavy (non-hydrogen) atoms. The van der Waals surface area contributed by atoms with Gasteiger partial charge in [-0.3, -0.25) is 4.79 Å². The SMILES string of the molecule is CC(C)CCCC(=O)NCc1ncco1. The quantitative estimate of drug-likeness (QED) is 0.782. The molecule has 0 saturated heterocycles. The number of nitrogens with one attached hydrogen (secondary N) is 1. The Morgan fingerprint density at radius 1 is 1.60 bits per heavy atom. The Balaban J connectivity index is 2.09. The van der Waals surface area contributed by atoms with Crippen LogP contribution >= 0.6 is 0 Å². The minimum Gasteiger partial charge on any atom is -0.447 e. The summed E-state index contributed by atoms with van der Waals surface area (Å²) in [6.45, 7) is 4.70. The molecule has 0 spiro atoms. The van der Waals surface area contributed by atoms with E-state index in [1.54, 1.807) is 6.20 Å². The monoisotopic (exact) mass is 210 g/mol. The molecule has 0 unspecified atom stereocenters. The van der Waals surface area contributed by atoms with E-state index in [2.05, 4.69) is 24.1 Å². The number of rotatable bonds is 6. The van der Waals surface area contributed by atoms with E-state index in [0.29, 0.717) is 24.8 Å². The van der Waals surface area contributed by atoms with Gasteiger partial charge < -0.3 is 9.73 Å². The fourth-order valence-electron chi connectivity index (χ4n) is 1.27. The Morgan fingerprint density at radius 3 is 3.00 bits per heavy atom. The molecule has 1 heterocycles. The van der Waals surface area contributed by atoms with Crippen molar-refractivity contribution in [2.24, 2.45) is 5.92 Å². The summed E-state index contributed by atoms with van der Waals surface area (Å²) in [4.78, 5) is 15.3. The Bertz CT molecular complexity index is 281. The summed E-state index contributed by atoms with van der Waals surface area (Å²) in [5.74, 6) is 1.27. The first-order valence-electron chi connectivity index (χ1n) is 5.33. The van der Waals surface area contributed by atoms with Crippen LogP contribution in [0.4, 0.5) is 0 Å². The summed E-state index contributed by atoms with van der Waals surface area (Å²) in [6.07, 6.45) is 5.68. The number of hydrogen-bond donors (Lipinski definition) is 1. The number of amides is 1. The Morgan fingerprint density at radius 2 is 2.40 bits per heavy atom. The molecule has 1 amide bonds. The van der Waals surface area contributed by atoms with Crippen LogP contribution in [0.15, 0.2) is 16.9 Å². The van der Waals surface area contributed by atoms with Crippen molar-refractivity contribution in [1.29, 1.82) is 0 Å². The second kappa shape index (κ2) is 6.22. The van der Waals surface area contributed by atoms with Crippen LogP contribution in [0.1, 0.15) is 39.0 Å². The topological polar surface area (TPSA) is 55.1 Å². The van der Waals surface area contributed by atoms with E-state index in [9.17, 15) is 4.79 Å². The summed E-state index contributed by atoms with van der Waals surface area (Å²) in [6, 6.07) is 0. The lowest BCUT2D eigenvalue weighted by atomic mass is 10.1. The molecule has 4 nitrogen and oxygen atoms in total. The van der Waals surface area contributed by atoms with Gasteiger partial charge in [-0.25, -0.2) is 4.98 Å². The van der Waals surface area contributed by atoms with Crippen molar-refractivity contribution in [2.75, 3.05) is 0 Å². The molecule has 0 aliphatic heterocycles. The Hall–Kier alpha value is -1.32. The second-order valence-corrected chi connectivity index (χ2v) is 3.99. The van der Waals surface area contributed by atoms with Gasteiger partial charge in [-0.1, -0.05) is 20.3 Å². The molecular weight excluding hydrogens is 192 g/mol. The van der Waals surface area contributed by atoms with E-state index in [4.69, 9.17) is 4.42 Å². The van der Waals surface area contributed by atoms with Gasteiger partial charge in [0.05, 0.1) is 12.7 Å². The van der Waals surface area contributed by atoms with Gasteiger partial charge in [0.15, 0.2) is 0 Å². The minimum absolute atomic E-state index is 0.0638. The van der Waals surface area contributed by atoms with Crippen LogP contribution in [-0.2, 0) is 11.3 Å². The molecule has 0 atom stereocenters. The van der Waals surface area contributed by atoms with Crippen LogP contribution in [0.5, 0.6) is 0 Å². The average Bonchev–Trinajstić information content (AvgIpc) is 2.66. The molecule has 84 valence electrons. The molecule has 0 aliphatic carbocycles. The zero-order chi connectivity index (χ0) is 11.1. The van der Waals surface area contributed by atoms with Gasteiger partial charge in [-0.05, 0) is 12.3 Å². The predicted molar refractivity (Wildman–Crippen MR) is 57.0 cm³/mol. The van der Waals surface area contributed by atoms with Gasteiger partial charge >= 0.3 is 0 Å². The van der Waals surface area contributed by atoms with Gasteiger partial charge in [-0.2, -0.15) is 0 Å². The molecule has 0 aromatic carbocycles. The number of hydrogen-bond acceptors (Lipinski definition) is 3. The molecule has 1 aromatic heterocycles. The normalized spacial score (nSPS) is 10.6. The first-order chi connectivity index (χ1) is 7.18. The third-order valence-electron chi connectivity index (χ3n) is 2.11. The van der Waals surface area contributed by atoms with Gasteiger partial charge in [0.1, 0.15) is 6.26 Å². The van der Waals surface area contributed by atoms with E-state index < -0.39 is 0 Å². The first-order valence-corrected chi connectivity index (χ1v) is 5.33. The second-order valence-electron chi connectivity index (χ2n) is 3.99. The highest BCUT2D eigenvalue weighted by Crippen LogP contribution is 2.05. The molecule has 0 bridgehead atoms. The summed E-state index contributed by atoms with van der Waals surface area (Å²) in [7, 11) is 0. The van der Waals surface area contributed by atoms with Crippen molar-refractivity contribution in [3.8, 4) is 0 Å². The van der Waals surface area contributed by atoms with E-state index in [1.165, 1.54) is 6.26 Å². The molecule has 4 heteroatoms. The third kappa shape index (κ3) is 5.20. The highest BCUT2D eigenvalue weighted by atomic mass is 16.3. The van der Waals surface area contributed by atoms with Gasteiger partial charge in [-0.15, -0.1) is 0 Å². The van der Waals surface area contributed by atoms with Crippen molar-refractivity contribution >= 4 is 5.91 Å². The molecule has 1 N–H and O–H groups in total. The summed E-state index contributed by atoms with van der Waals surface area (Å²) in [5.41, 5.74) is 0. The third-order valence-corrected chi connectivity index (χ3v) is 2.11. The molecule has 0 aliphatic rings. The highest BCUT2D eigenvalue weighted by Gasteiger charge is 2.03. The maximum Gasteiger partial charge on any atom is 0.220 e. The van der Waals surface area contributed by atoms with Crippen molar-refractivity contribution < 1.29 is 9.21 Å². The molecule has 0 fully saturated rings. The maximum atomic E-state index is 11.3. The lowest BCUT2D eigenvalue weighted by Gasteiger charge is -2.04. The lowest BCUT2D eigenvalue weighted by Crippen LogP contribution is -2.22. The maximum absolute atomic E-state index is 11.3. The minimum atomic E-state index is 0.0638. The van der Waals surface area contributed by atoms with Crippen molar-refractivity contribution in [3.63, 3.8) is 0 Å². The predicted octanol–water partition coefficient (Wildman–Crippen LogP) is 2.12. The molecule has 0 saturated carbocycles. The standard InChI is InChI=1S/C11H18N2O2/c1-9(2)4-3-5-10(14)13-8-11-12-6-7-15-11/h6-7,9H,3-5,8H2,1-2H3,(H,13,14). The number of oxazole rings is 1. The van der Waals surface area contributed by atoms with Crippen molar-refractivity contribution in [2.45, 2.75) is 39.7 Å². The van der Waals surface area contributed by atoms with Crippen molar-refractivity contribution in [3.05, 3.63) is 18.4 Å². The van der Waals surface area contributed by atoms with Crippen molar-refractivity contribution in [1.82, 2.24) is 10.3 Å². The number of carbonyl (C=O) groups is 1. The van der Waals surface area contributed by atoms with Gasteiger partial charge in [0.25, 0.3) is 0 Å². The average molecular weight is 210 g/mol. The summed E-state index contributed by atoms with van der Waals surface area (Å²) in [5, 5.41) is 2.76. The number of carbonyl (C=O) groups excluding carboxylic acids is 1. The van der Waals surface area contributed by atoms with Crippen LogP contribution in [0.3, 0.4) is 0 Å². The highest BCUT2D eigenvalue weighted by molar-refractivity contribution is 5.75. The van der Waals surface area contributed by atoms with Crippen LogP contribution in [0, 0.1) is 5.92 Å². The Labute approximate surface area is 90.1 Å². The Kier molecular flexibility index (Phi) is 4.87. The fourth-order valence-corrected chi connectivity index (χ4v) is 1.27. The van der Waals surface area contributed by atoms with Crippen LogP contribution in [0.25, 0.3) is 0 Å². The molecule has 1 rings (SSSR count). The summed E-state index contributed by atoms with van der Waals surface area (Å²) >= 11 is 0. The largest absolute Gasteiger partial charge is 0.447 e. The molecule has 0 radical (unpaired) electrons. The van der Waals surface area contributed by atoms with Crippen LogP contribution in [-0.4, -0.2) is 10.9 Å².